The van der Waals surface area contributed by atoms with E-state index >= 15 is 0 Å². The molecule has 63 valence electrons. The van der Waals surface area contributed by atoms with Crippen molar-refractivity contribution in [3.8, 4) is 0 Å². The smallest absolute Gasteiger partial charge is 0.0222 e. The van der Waals surface area contributed by atoms with E-state index in [1.54, 1.807) is 0 Å². The van der Waals surface area contributed by atoms with Crippen molar-refractivity contribution in [2.45, 2.75) is 13.8 Å². The second-order valence-electron chi connectivity index (χ2n) is 2.93. The molecule has 0 saturated carbocycles. The summed E-state index contributed by atoms with van der Waals surface area (Å²) in [5, 5.41) is 1.12. The Morgan fingerprint density at radius 2 is 1.92 bits per heavy atom. The molecule has 0 bridgehead atoms. The molecule has 2 aromatic rings. The molecule has 0 fully saturated rings. The largest absolute Gasteiger partial charge is 0.370 e. The Bertz CT molecular complexity index is 426. The molecule has 1 heterocycles. The summed E-state index contributed by atoms with van der Waals surface area (Å²) in [6, 6.07) is 6.14. The van der Waals surface area contributed by atoms with Crippen molar-refractivity contribution >= 4 is 10.9 Å². The van der Waals surface area contributed by atoms with Crippen molar-refractivity contribution in [1.82, 2.24) is 9.97 Å². The molecule has 0 N–H and O–H groups in total. The molecule has 0 unspecified atom stereocenters. The van der Waals surface area contributed by atoms with Crippen LogP contribution in [0.2, 0.25) is 0 Å². The van der Waals surface area contributed by atoms with Crippen LogP contribution in [0.15, 0.2) is 18.2 Å². The standard InChI is InChI=1S/C10H9N2.Y/c1-7-3-4-10-9(5-7)8(2)11-6-12-10;/h3-5H,1-2H3;/q-1;. The summed E-state index contributed by atoms with van der Waals surface area (Å²) in [6.45, 7) is 4.04. The van der Waals surface area contributed by atoms with E-state index in [0.717, 1.165) is 16.6 Å². The minimum absolute atomic E-state index is 0. The van der Waals surface area contributed by atoms with Gasteiger partial charge in [0.2, 0.25) is 0 Å². The van der Waals surface area contributed by atoms with Gasteiger partial charge in [-0.3, -0.25) is 0 Å². The molecule has 2 nitrogen and oxygen atoms in total. The number of hydrogen-bond donors (Lipinski definition) is 0. The molecule has 0 saturated heterocycles. The van der Waals surface area contributed by atoms with E-state index in [9.17, 15) is 0 Å². The van der Waals surface area contributed by atoms with E-state index in [1.165, 1.54) is 5.56 Å². The Balaban J connectivity index is 0.000000845. The van der Waals surface area contributed by atoms with E-state index in [0.29, 0.717) is 0 Å². The van der Waals surface area contributed by atoms with E-state index in [1.807, 2.05) is 19.1 Å². The molecule has 0 atom stereocenters. The summed E-state index contributed by atoms with van der Waals surface area (Å²) in [5.74, 6) is 0. The van der Waals surface area contributed by atoms with Crippen LogP contribution in [0, 0.1) is 20.2 Å². The van der Waals surface area contributed by atoms with Gasteiger partial charge in [-0.25, -0.2) is 0 Å². The molecule has 3 heteroatoms. The van der Waals surface area contributed by atoms with Crippen LogP contribution in [0.5, 0.6) is 0 Å². The van der Waals surface area contributed by atoms with Gasteiger partial charge in [-0.2, -0.15) is 0 Å². The van der Waals surface area contributed by atoms with E-state index in [4.69, 9.17) is 0 Å². The van der Waals surface area contributed by atoms with Crippen LogP contribution >= 0.6 is 0 Å². The van der Waals surface area contributed by atoms with Gasteiger partial charge in [0.05, 0.1) is 0 Å². The number of aromatic nitrogens is 2. The van der Waals surface area contributed by atoms with Gasteiger partial charge in [0, 0.05) is 39.0 Å². The van der Waals surface area contributed by atoms with Crippen LogP contribution in [0.1, 0.15) is 11.3 Å². The summed E-state index contributed by atoms with van der Waals surface area (Å²) < 4.78 is 0. The maximum atomic E-state index is 4.05. The predicted molar refractivity (Wildman–Crippen MR) is 47.8 cm³/mol. The van der Waals surface area contributed by atoms with Crippen LogP contribution in [-0.4, -0.2) is 9.97 Å². The SMILES string of the molecule is Cc1ccc2n[c-]nc(C)c2c1.[Y]. The average Bonchev–Trinajstić information content (AvgIpc) is 2.07. The maximum absolute atomic E-state index is 4.05. The molecule has 0 aliphatic heterocycles. The van der Waals surface area contributed by atoms with Gasteiger partial charge in [0.15, 0.2) is 0 Å². The van der Waals surface area contributed by atoms with E-state index < -0.39 is 0 Å². The third kappa shape index (κ3) is 2.12. The van der Waals surface area contributed by atoms with Crippen molar-refractivity contribution in [1.29, 1.82) is 0 Å². The molecule has 1 aromatic carbocycles. The van der Waals surface area contributed by atoms with Crippen molar-refractivity contribution in [3.63, 3.8) is 0 Å². The van der Waals surface area contributed by atoms with Crippen molar-refractivity contribution in [2.75, 3.05) is 0 Å². The first-order chi connectivity index (χ1) is 5.77. The van der Waals surface area contributed by atoms with Gasteiger partial charge in [0.1, 0.15) is 0 Å². The van der Waals surface area contributed by atoms with Gasteiger partial charge in [-0.05, 0) is 12.4 Å². The van der Waals surface area contributed by atoms with Gasteiger partial charge >= 0.3 is 0 Å². The van der Waals surface area contributed by atoms with Crippen molar-refractivity contribution in [3.05, 3.63) is 35.8 Å². The molecule has 0 amide bonds. The third-order valence-corrected chi connectivity index (χ3v) is 1.93. The first-order valence-electron chi connectivity index (χ1n) is 3.88. The summed E-state index contributed by atoms with van der Waals surface area (Å²) in [4.78, 5) is 8.06. The van der Waals surface area contributed by atoms with Gasteiger partial charge in [0.25, 0.3) is 0 Å². The molecule has 0 aliphatic carbocycles. The molecular formula is C10H9N2Y-. The van der Waals surface area contributed by atoms with Crippen molar-refractivity contribution in [2.24, 2.45) is 0 Å². The molecule has 13 heavy (non-hydrogen) atoms. The van der Waals surface area contributed by atoms with Crippen LogP contribution in [0.25, 0.3) is 10.9 Å². The molecular weight excluding hydrogens is 237 g/mol. The fraction of sp³-hybridized carbons (Fsp3) is 0.200. The predicted octanol–water partition coefficient (Wildman–Crippen LogP) is 2.04. The second kappa shape index (κ2) is 4.25. The first kappa shape index (κ1) is 10.7. The number of nitrogens with zero attached hydrogens (tertiary/aromatic N) is 2. The Labute approximate surface area is 103 Å². The molecule has 0 aliphatic rings. The van der Waals surface area contributed by atoms with E-state index in [-0.39, 0.29) is 32.7 Å². The van der Waals surface area contributed by atoms with Crippen LogP contribution < -0.4 is 0 Å². The van der Waals surface area contributed by atoms with Gasteiger partial charge in [-0.1, -0.05) is 41.8 Å². The summed E-state index contributed by atoms with van der Waals surface area (Å²) in [7, 11) is 0. The third-order valence-electron chi connectivity index (χ3n) is 1.93. The van der Waals surface area contributed by atoms with Crippen LogP contribution in [-0.2, 0) is 32.7 Å². The fourth-order valence-corrected chi connectivity index (χ4v) is 1.25. The Hall–Kier alpha value is -0.336. The fourth-order valence-electron chi connectivity index (χ4n) is 1.25. The second-order valence-corrected chi connectivity index (χ2v) is 2.93. The quantitative estimate of drug-likeness (QED) is 0.665. The normalized spacial score (nSPS) is 9.69. The maximum Gasteiger partial charge on any atom is 0.0222 e. The minimum Gasteiger partial charge on any atom is -0.370 e. The number of hydrogen-bond acceptors (Lipinski definition) is 2. The summed E-state index contributed by atoms with van der Waals surface area (Å²) in [6.07, 6.45) is 2.62. The van der Waals surface area contributed by atoms with Crippen molar-refractivity contribution < 1.29 is 32.7 Å². The number of rotatable bonds is 0. The van der Waals surface area contributed by atoms with Gasteiger partial charge in [-0.15, -0.1) is 0 Å². The monoisotopic (exact) mass is 246 g/mol. The molecule has 1 radical (unpaired) electrons. The number of fused-ring (bicyclic) bond motifs is 1. The summed E-state index contributed by atoms with van der Waals surface area (Å²) in [5.41, 5.74) is 3.19. The van der Waals surface area contributed by atoms with E-state index in [2.05, 4.69) is 29.3 Å². The minimum atomic E-state index is 0. The van der Waals surface area contributed by atoms with Crippen LogP contribution in [0.3, 0.4) is 0 Å². The summed E-state index contributed by atoms with van der Waals surface area (Å²) >= 11 is 0. The zero-order valence-electron chi connectivity index (χ0n) is 7.70. The zero-order chi connectivity index (χ0) is 8.55. The molecule has 1 aromatic heterocycles. The van der Waals surface area contributed by atoms with Crippen LogP contribution in [0.4, 0.5) is 0 Å². The molecule has 2 rings (SSSR count). The Morgan fingerprint density at radius 3 is 2.69 bits per heavy atom. The average molecular weight is 246 g/mol. The number of aryl methyl sites for hydroxylation is 2. The topological polar surface area (TPSA) is 25.8 Å². The Kier molecular flexibility index (Phi) is 3.51. The zero-order valence-corrected chi connectivity index (χ0v) is 10.5. The number of benzene rings is 1. The first-order valence-corrected chi connectivity index (χ1v) is 3.88. The molecule has 0 spiro atoms. The Morgan fingerprint density at radius 1 is 1.15 bits per heavy atom. The van der Waals surface area contributed by atoms with Gasteiger partial charge < -0.3 is 9.97 Å².